The van der Waals surface area contributed by atoms with Gasteiger partial charge in [-0.1, -0.05) is 36.0 Å². The topological polar surface area (TPSA) is 59.2 Å². The predicted molar refractivity (Wildman–Crippen MR) is 92.8 cm³/mol. The molecule has 1 amide bonds. The SMILES string of the molecule is C[C@H](Sc1nnc(-c2cccs2)o1)C(=O)N(C)c1ccccc1. The molecule has 7 heteroatoms. The molecule has 3 rings (SSSR count). The summed E-state index contributed by atoms with van der Waals surface area (Å²) in [7, 11) is 1.76. The molecule has 0 aliphatic rings. The minimum absolute atomic E-state index is 0.0166. The van der Waals surface area contributed by atoms with E-state index in [2.05, 4.69) is 10.2 Å². The van der Waals surface area contributed by atoms with E-state index >= 15 is 0 Å². The Labute approximate surface area is 142 Å². The third-order valence-corrected chi connectivity index (χ3v) is 5.02. The van der Waals surface area contributed by atoms with Crippen LogP contribution in [0.1, 0.15) is 6.92 Å². The van der Waals surface area contributed by atoms with Crippen LogP contribution in [-0.4, -0.2) is 28.4 Å². The van der Waals surface area contributed by atoms with Gasteiger partial charge in [0, 0.05) is 12.7 Å². The Morgan fingerprint density at radius 2 is 2.00 bits per heavy atom. The molecule has 0 radical (unpaired) electrons. The van der Waals surface area contributed by atoms with Gasteiger partial charge in [0.1, 0.15) is 0 Å². The van der Waals surface area contributed by atoms with Gasteiger partial charge in [0.2, 0.25) is 5.91 Å². The molecule has 3 aromatic rings. The number of benzene rings is 1. The molecule has 118 valence electrons. The highest BCUT2D eigenvalue weighted by molar-refractivity contribution is 8.00. The summed E-state index contributed by atoms with van der Waals surface area (Å²) >= 11 is 2.80. The first-order valence-electron chi connectivity index (χ1n) is 7.02. The summed E-state index contributed by atoms with van der Waals surface area (Å²) in [6.07, 6.45) is 0. The van der Waals surface area contributed by atoms with Crippen LogP contribution in [0.4, 0.5) is 5.69 Å². The van der Waals surface area contributed by atoms with Gasteiger partial charge >= 0.3 is 0 Å². The molecule has 1 atom stereocenters. The molecule has 1 aromatic carbocycles. The third kappa shape index (κ3) is 3.62. The number of nitrogens with zero attached hydrogens (tertiary/aromatic N) is 3. The molecular formula is C16H15N3O2S2. The number of carbonyl (C=O) groups excluding carboxylic acids is 1. The maximum absolute atomic E-state index is 12.5. The second-order valence-corrected chi connectivity index (χ2v) is 7.08. The largest absolute Gasteiger partial charge is 0.410 e. The number of anilines is 1. The molecule has 0 bridgehead atoms. The van der Waals surface area contributed by atoms with Crippen LogP contribution >= 0.6 is 23.1 Å². The molecule has 0 saturated carbocycles. The van der Waals surface area contributed by atoms with Crippen molar-refractivity contribution in [2.75, 3.05) is 11.9 Å². The van der Waals surface area contributed by atoms with E-state index in [9.17, 15) is 4.79 Å². The number of para-hydroxylation sites is 1. The fourth-order valence-corrected chi connectivity index (χ4v) is 3.43. The minimum Gasteiger partial charge on any atom is -0.410 e. The van der Waals surface area contributed by atoms with Gasteiger partial charge in [-0.15, -0.1) is 21.5 Å². The number of hydrogen-bond donors (Lipinski definition) is 0. The summed E-state index contributed by atoms with van der Waals surface area (Å²) < 4.78 is 5.61. The maximum atomic E-state index is 12.5. The van der Waals surface area contributed by atoms with E-state index < -0.39 is 0 Å². The molecule has 0 N–H and O–H groups in total. The van der Waals surface area contributed by atoms with Gasteiger partial charge in [0.15, 0.2) is 0 Å². The Balaban J connectivity index is 1.67. The molecule has 0 fully saturated rings. The highest BCUT2D eigenvalue weighted by atomic mass is 32.2. The number of thioether (sulfide) groups is 1. The van der Waals surface area contributed by atoms with Crippen molar-refractivity contribution in [3.05, 3.63) is 47.8 Å². The van der Waals surface area contributed by atoms with Crippen LogP contribution in [-0.2, 0) is 4.79 Å². The van der Waals surface area contributed by atoms with Gasteiger partial charge in [0.05, 0.1) is 10.1 Å². The predicted octanol–water partition coefficient (Wildman–Crippen LogP) is 3.94. The van der Waals surface area contributed by atoms with E-state index in [4.69, 9.17) is 4.42 Å². The molecule has 0 unspecified atom stereocenters. The molecular weight excluding hydrogens is 330 g/mol. The van der Waals surface area contributed by atoms with Crippen molar-refractivity contribution in [3.63, 3.8) is 0 Å². The fourth-order valence-electron chi connectivity index (χ4n) is 2.01. The minimum atomic E-state index is -0.322. The van der Waals surface area contributed by atoms with Gasteiger partial charge in [0.25, 0.3) is 11.1 Å². The summed E-state index contributed by atoms with van der Waals surface area (Å²) in [5.41, 5.74) is 0.856. The van der Waals surface area contributed by atoms with E-state index in [0.717, 1.165) is 10.6 Å². The first-order chi connectivity index (χ1) is 11.1. The van der Waals surface area contributed by atoms with E-state index in [-0.39, 0.29) is 11.2 Å². The summed E-state index contributed by atoms with van der Waals surface area (Å²) in [6, 6.07) is 13.4. The molecule has 0 aliphatic heterocycles. The number of carbonyl (C=O) groups is 1. The molecule has 23 heavy (non-hydrogen) atoms. The van der Waals surface area contributed by atoms with Crippen LogP contribution in [0.25, 0.3) is 10.8 Å². The van der Waals surface area contributed by atoms with Gasteiger partial charge < -0.3 is 9.32 Å². The standard InChI is InChI=1S/C16H15N3O2S2/c1-11(15(20)19(2)12-7-4-3-5-8-12)23-16-18-17-14(21-16)13-9-6-10-22-13/h3-11H,1-2H3/t11-/m0/s1. The molecule has 0 aliphatic carbocycles. The van der Waals surface area contributed by atoms with Gasteiger partial charge in [-0.2, -0.15) is 0 Å². The second kappa shape index (κ2) is 6.97. The van der Waals surface area contributed by atoms with Gasteiger partial charge in [-0.05, 0) is 30.5 Å². The van der Waals surface area contributed by atoms with Crippen molar-refractivity contribution in [1.82, 2.24) is 10.2 Å². The van der Waals surface area contributed by atoms with Crippen LogP contribution in [0, 0.1) is 0 Å². The van der Waals surface area contributed by atoms with Crippen LogP contribution in [0.2, 0.25) is 0 Å². The summed E-state index contributed by atoms with van der Waals surface area (Å²) in [5, 5.41) is 10.1. The van der Waals surface area contributed by atoms with E-state index in [1.807, 2.05) is 54.8 Å². The van der Waals surface area contributed by atoms with Gasteiger partial charge in [-0.25, -0.2) is 0 Å². The zero-order valence-corrected chi connectivity index (χ0v) is 14.3. The van der Waals surface area contributed by atoms with Crippen molar-refractivity contribution in [3.8, 4) is 10.8 Å². The lowest BCUT2D eigenvalue weighted by atomic mass is 10.3. The van der Waals surface area contributed by atoms with Crippen molar-refractivity contribution in [1.29, 1.82) is 0 Å². The average Bonchev–Trinajstić information content (AvgIpc) is 3.25. The highest BCUT2D eigenvalue weighted by Gasteiger charge is 2.22. The fraction of sp³-hybridized carbons (Fsp3) is 0.188. The third-order valence-electron chi connectivity index (χ3n) is 3.24. The molecule has 2 heterocycles. The molecule has 2 aromatic heterocycles. The smallest absolute Gasteiger partial charge is 0.277 e. The first kappa shape index (κ1) is 15.8. The normalized spacial score (nSPS) is 12.1. The molecule has 0 spiro atoms. The zero-order valence-electron chi connectivity index (χ0n) is 12.7. The van der Waals surface area contributed by atoms with E-state index in [0.29, 0.717) is 11.1 Å². The summed E-state index contributed by atoms with van der Waals surface area (Å²) in [4.78, 5) is 15.1. The monoisotopic (exact) mass is 345 g/mol. The van der Waals surface area contributed by atoms with E-state index in [1.165, 1.54) is 23.1 Å². The number of amides is 1. The highest BCUT2D eigenvalue weighted by Crippen LogP contribution is 2.29. The van der Waals surface area contributed by atoms with Crippen LogP contribution in [0.15, 0.2) is 57.5 Å². The first-order valence-corrected chi connectivity index (χ1v) is 8.78. The number of rotatable bonds is 5. The Kier molecular flexibility index (Phi) is 4.78. The van der Waals surface area contributed by atoms with Crippen molar-refractivity contribution >= 4 is 34.7 Å². The lowest BCUT2D eigenvalue weighted by Crippen LogP contribution is -2.33. The van der Waals surface area contributed by atoms with Crippen molar-refractivity contribution in [2.24, 2.45) is 0 Å². The summed E-state index contributed by atoms with van der Waals surface area (Å²) in [6.45, 7) is 1.83. The maximum Gasteiger partial charge on any atom is 0.277 e. The van der Waals surface area contributed by atoms with Crippen molar-refractivity contribution < 1.29 is 9.21 Å². The Morgan fingerprint density at radius 3 is 2.70 bits per heavy atom. The average molecular weight is 345 g/mol. The van der Waals surface area contributed by atoms with Crippen LogP contribution < -0.4 is 4.90 Å². The van der Waals surface area contributed by atoms with Crippen LogP contribution in [0.3, 0.4) is 0 Å². The summed E-state index contributed by atoms with van der Waals surface area (Å²) in [5.74, 6) is 0.468. The number of hydrogen-bond acceptors (Lipinski definition) is 6. The lowest BCUT2D eigenvalue weighted by Gasteiger charge is -2.20. The number of aromatic nitrogens is 2. The van der Waals surface area contributed by atoms with Crippen LogP contribution in [0.5, 0.6) is 0 Å². The number of thiophene rings is 1. The Bertz CT molecular complexity index is 772. The second-order valence-electron chi connectivity index (χ2n) is 4.84. The zero-order chi connectivity index (χ0) is 16.2. The Morgan fingerprint density at radius 1 is 1.22 bits per heavy atom. The Hall–Kier alpha value is -2.12. The molecule has 0 saturated heterocycles. The quantitative estimate of drug-likeness (QED) is 0.656. The van der Waals surface area contributed by atoms with Gasteiger partial charge in [-0.3, -0.25) is 4.79 Å². The lowest BCUT2D eigenvalue weighted by molar-refractivity contribution is -0.117. The van der Waals surface area contributed by atoms with E-state index in [1.54, 1.807) is 11.9 Å². The van der Waals surface area contributed by atoms with Crippen molar-refractivity contribution in [2.45, 2.75) is 17.4 Å². The molecule has 5 nitrogen and oxygen atoms in total.